The summed E-state index contributed by atoms with van der Waals surface area (Å²) in [6.45, 7) is 4.61. The van der Waals surface area contributed by atoms with Crippen molar-refractivity contribution in [2.24, 2.45) is 0 Å². The molecule has 1 rings (SSSR count). The van der Waals surface area contributed by atoms with E-state index in [-0.39, 0.29) is 11.5 Å². The summed E-state index contributed by atoms with van der Waals surface area (Å²) >= 11 is 3.37. The minimum Gasteiger partial charge on any atom is -0.294 e. The van der Waals surface area contributed by atoms with Gasteiger partial charge in [-0.25, -0.2) is 4.79 Å². The molecule has 92 valence electrons. The summed E-state index contributed by atoms with van der Waals surface area (Å²) in [6, 6.07) is 3.34. The molecule has 0 aromatic heterocycles. The van der Waals surface area contributed by atoms with E-state index in [4.69, 9.17) is 4.89 Å². The molecule has 0 aliphatic rings. The van der Waals surface area contributed by atoms with Crippen molar-refractivity contribution in [2.75, 3.05) is 0 Å². The van der Waals surface area contributed by atoms with Crippen LogP contribution in [0.15, 0.2) is 16.6 Å². The van der Waals surface area contributed by atoms with E-state index in [0.717, 1.165) is 10.0 Å². The standard InChI is InChI=1S/C12H13BrO4/c1-4-9-10(13)5-6-11(12(9)7(2)14)17-16-8(3)15/h5-6H,4H2,1-3H3. The normalized spacial score (nSPS) is 9.88. The molecule has 0 fully saturated rings. The summed E-state index contributed by atoms with van der Waals surface area (Å²) in [5.41, 5.74) is 1.27. The van der Waals surface area contributed by atoms with Crippen LogP contribution in [0.4, 0.5) is 0 Å². The average Bonchev–Trinajstić information content (AvgIpc) is 2.26. The highest BCUT2D eigenvalue weighted by atomic mass is 79.9. The Kier molecular flexibility index (Phi) is 4.69. The molecule has 0 bridgehead atoms. The van der Waals surface area contributed by atoms with Gasteiger partial charge in [-0.05, 0) is 31.0 Å². The van der Waals surface area contributed by atoms with Gasteiger partial charge in [0.2, 0.25) is 0 Å². The van der Waals surface area contributed by atoms with Crippen LogP contribution in [0.2, 0.25) is 0 Å². The Hall–Kier alpha value is -1.36. The largest absolute Gasteiger partial charge is 0.352 e. The van der Waals surface area contributed by atoms with E-state index in [1.165, 1.54) is 13.8 Å². The molecule has 0 unspecified atom stereocenters. The molecule has 17 heavy (non-hydrogen) atoms. The molecule has 4 nitrogen and oxygen atoms in total. The molecule has 0 saturated heterocycles. The zero-order valence-corrected chi connectivity index (χ0v) is 11.5. The van der Waals surface area contributed by atoms with Gasteiger partial charge >= 0.3 is 5.97 Å². The quantitative estimate of drug-likeness (QED) is 0.487. The van der Waals surface area contributed by atoms with Crippen LogP contribution in [0.5, 0.6) is 5.75 Å². The van der Waals surface area contributed by atoms with Crippen LogP contribution < -0.4 is 4.89 Å². The lowest BCUT2D eigenvalue weighted by molar-refractivity contribution is -0.211. The Bertz CT molecular complexity index is 454. The van der Waals surface area contributed by atoms with Gasteiger partial charge in [0.05, 0.1) is 5.56 Å². The maximum absolute atomic E-state index is 11.6. The monoisotopic (exact) mass is 300 g/mol. The molecule has 0 atom stereocenters. The fraction of sp³-hybridized carbons (Fsp3) is 0.333. The van der Waals surface area contributed by atoms with Gasteiger partial charge in [-0.3, -0.25) is 14.6 Å². The summed E-state index contributed by atoms with van der Waals surface area (Å²) < 4.78 is 0.834. The van der Waals surface area contributed by atoms with Gasteiger partial charge in [-0.1, -0.05) is 22.9 Å². The fourth-order valence-corrected chi connectivity index (χ4v) is 2.12. The van der Waals surface area contributed by atoms with Gasteiger partial charge in [-0.15, -0.1) is 0 Å². The third kappa shape index (κ3) is 3.30. The topological polar surface area (TPSA) is 52.6 Å². The highest BCUT2D eigenvalue weighted by molar-refractivity contribution is 9.10. The fourth-order valence-electron chi connectivity index (χ4n) is 1.51. The zero-order valence-electron chi connectivity index (χ0n) is 9.87. The predicted octanol–water partition coefficient (Wildman–Crippen LogP) is 3.07. The summed E-state index contributed by atoms with van der Waals surface area (Å²) in [7, 11) is 0. The molecule has 1 aromatic rings. The summed E-state index contributed by atoms with van der Waals surface area (Å²) in [5.74, 6) is -0.446. The van der Waals surface area contributed by atoms with Crippen LogP contribution in [-0.4, -0.2) is 11.8 Å². The Morgan fingerprint density at radius 3 is 2.41 bits per heavy atom. The Morgan fingerprint density at radius 2 is 1.94 bits per heavy atom. The van der Waals surface area contributed by atoms with Crippen molar-refractivity contribution < 1.29 is 19.4 Å². The second-order valence-electron chi connectivity index (χ2n) is 3.47. The first-order valence-corrected chi connectivity index (χ1v) is 5.94. The average molecular weight is 301 g/mol. The number of hydrogen-bond acceptors (Lipinski definition) is 4. The van der Waals surface area contributed by atoms with E-state index in [0.29, 0.717) is 12.0 Å². The summed E-state index contributed by atoms with van der Waals surface area (Å²) in [6.07, 6.45) is 0.673. The first-order valence-electron chi connectivity index (χ1n) is 5.14. The van der Waals surface area contributed by atoms with Gasteiger partial charge in [-0.2, -0.15) is 0 Å². The smallest absolute Gasteiger partial charge is 0.294 e. The number of halogens is 1. The third-order valence-electron chi connectivity index (χ3n) is 2.17. The van der Waals surface area contributed by atoms with Gasteiger partial charge in [0.15, 0.2) is 11.5 Å². The minimum atomic E-state index is -0.569. The molecule has 0 aliphatic carbocycles. The molecule has 0 radical (unpaired) electrons. The van der Waals surface area contributed by atoms with Crippen molar-refractivity contribution in [1.29, 1.82) is 0 Å². The van der Waals surface area contributed by atoms with Crippen molar-refractivity contribution in [1.82, 2.24) is 0 Å². The summed E-state index contributed by atoms with van der Waals surface area (Å²) in [4.78, 5) is 31.6. The molecule has 5 heteroatoms. The SMILES string of the molecule is CCc1c(Br)ccc(OOC(C)=O)c1C(C)=O. The van der Waals surface area contributed by atoms with Crippen molar-refractivity contribution in [2.45, 2.75) is 27.2 Å². The molecule has 0 N–H and O–H groups in total. The Balaban J connectivity index is 3.20. The number of benzene rings is 1. The van der Waals surface area contributed by atoms with Crippen LogP contribution in [0.25, 0.3) is 0 Å². The van der Waals surface area contributed by atoms with E-state index in [1.54, 1.807) is 12.1 Å². The van der Waals surface area contributed by atoms with E-state index >= 15 is 0 Å². The minimum absolute atomic E-state index is 0.134. The molecule has 0 heterocycles. The lowest BCUT2D eigenvalue weighted by Crippen LogP contribution is -2.08. The molecule has 1 aromatic carbocycles. The molecule has 0 saturated carbocycles. The molecular formula is C12H13BrO4. The predicted molar refractivity (Wildman–Crippen MR) is 65.9 cm³/mol. The Morgan fingerprint density at radius 1 is 1.29 bits per heavy atom. The second kappa shape index (κ2) is 5.82. The number of Topliss-reactive ketones (excluding diaryl/α,β-unsaturated/α-hetero) is 1. The third-order valence-corrected chi connectivity index (χ3v) is 2.91. The molecule has 0 amide bonds. The highest BCUT2D eigenvalue weighted by Crippen LogP contribution is 2.30. The van der Waals surface area contributed by atoms with E-state index in [9.17, 15) is 9.59 Å². The Labute approximate surface area is 108 Å². The van der Waals surface area contributed by atoms with Crippen LogP contribution in [0.1, 0.15) is 36.7 Å². The van der Waals surface area contributed by atoms with Gasteiger partial charge in [0, 0.05) is 11.4 Å². The van der Waals surface area contributed by atoms with Crippen molar-refractivity contribution in [3.63, 3.8) is 0 Å². The zero-order chi connectivity index (χ0) is 13.0. The van der Waals surface area contributed by atoms with Gasteiger partial charge in [0.1, 0.15) is 0 Å². The summed E-state index contributed by atoms with van der Waals surface area (Å²) in [5, 5.41) is 0. The number of carbonyl (C=O) groups excluding carboxylic acids is 2. The maximum atomic E-state index is 11.6. The maximum Gasteiger partial charge on any atom is 0.352 e. The van der Waals surface area contributed by atoms with Crippen LogP contribution >= 0.6 is 15.9 Å². The lowest BCUT2D eigenvalue weighted by atomic mass is 10.0. The number of carbonyl (C=O) groups is 2. The van der Waals surface area contributed by atoms with Crippen LogP contribution in [0, 0.1) is 0 Å². The number of rotatable bonds is 4. The van der Waals surface area contributed by atoms with Crippen molar-refractivity contribution in [3.05, 3.63) is 27.7 Å². The van der Waals surface area contributed by atoms with Gasteiger partial charge in [0.25, 0.3) is 0 Å². The number of hydrogen-bond donors (Lipinski definition) is 0. The molecule has 0 aliphatic heterocycles. The lowest BCUT2D eigenvalue weighted by Gasteiger charge is -2.12. The van der Waals surface area contributed by atoms with Crippen LogP contribution in [-0.2, 0) is 16.1 Å². The van der Waals surface area contributed by atoms with Crippen molar-refractivity contribution in [3.8, 4) is 5.75 Å². The first-order chi connectivity index (χ1) is 7.97. The van der Waals surface area contributed by atoms with Crippen molar-refractivity contribution >= 4 is 27.7 Å². The second-order valence-corrected chi connectivity index (χ2v) is 4.32. The van der Waals surface area contributed by atoms with E-state index < -0.39 is 5.97 Å². The molecular weight excluding hydrogens is 288 g/mol. The van der Waals surface area contributed by atoms with Crippen LogP contribution in [0.3, 0.4) is 0 Å². The number of ketones is 1. The van der Waals surface area contributed by atoms with E-state index in [1.807, 2.05) is 6.92 Å². The highest BCUT2D eigenvalue weighted by Gasteiger charge is 2.17. The van der Waals surface area contributed by atoms with Gasteiger partial charge < -0.3 is 0 Å². The first kappa shape index (κ1) is 13.7. The molecule has 0 spiro atoms. The van der Waals surface area contributed by atoms with E-state index in [2.05, 4.69) is 20.8 Å².